The van der Waals surface area contributed by atoms with Crippen molar-refractivity contribution in [1.29, 1.82) is 0 Å². The van der Waals surface area contributed by atoms with Gasteiger partial charge in [0.05, 0.1) is 11.2 Å². The number of hydrogen-bond donors (Lipinski definition) is 0. The molecule has 1 atom stereocenters. The average molecular weight is 306 g/mol. The van der Waals surface area contributed by atoms with Crippen LogP contribution in [0.1, 0.15) is 53.5 Å². The molecule has 2 rings (SSSR count). The van der Waals surface area contributed by atoms with E-state index in [2.05, 4.69) is 65.8 Å². The quantitative estimate of drug-likeness (QED) is 0.766. The van der Waals surface area contributed by atoms with Crippen LogP contribution >= 0.6 is 11.8 Å². The molecule has 1 unspecified atom stereocenters. The van der Waals surface area contributed by atoms with E-state index in [0.717, 1.165) is 11.2 Å². The molecule has 0 aliphatic carbocycles. The highest BCUT2D eigenvalue weighted by molar-refractivity contribution is 7.99. The standard InChI is InChI=1S/C17H27BO2S/c1-7-13(2)21-12-14-8-10-15(11-9-14)18-19-16(3,4)17(5,6)20-18/h8-11,13H,7,12H2,1-6H3. The van der Waals surface area contributed by atoms with E-state index in [1.807, 2.05) is 11.8 Å². The molecule has 1 aliphatic rings. The van der Waals surface area contributed by atoms with Gasteiger partial charge < -0.3 is 9.31 Å². The van der Waals surface area contributed by atoms with Crippen molar-refractivity contribution < 1.29 is 9.31 Å². The van der Waals surface area contributed by atoms with Gasteiger partial charge in [-0.25, -0.2) is 0 Å². The highest BCUT2D eigenvalue weighted by atomic mass is 32.2. The fraction of sp³-hybridized carbons (Fsp3) is 0.647. The highest BCUT2D eigenvalue weighted by Gasteiger charge is 2.51. The molecule has 1 aromatic rings. The monoisotopic (exact) mass is 306 g/mol. The Bertz CT molecular complexity index is 454. The lowest BCUT2D eigenvalue weighted by Crippen LogP contribution is -2.41. The van der Waals surface area contributed by atoms with Crippen molar-refractivity contribution in [3.8, 4) is 0 Å². The zero-order chi connectivity index (χ0) is 15.7. The van der Waals surface area contributed by atoms with Gasteiger partial charge in [0, 0.05) is 11.0 Å². The van der Waals surface area contributed by atoms with Gasteiger partial charge >= 0.3 is 7.12 Å². The minimum absolute atomic E-state index is 0.258. The van der Waals surface area contributed by atoms with Crippen molar-refractivity contribution in [2.24, 2.45) is 0 Å². The second-order valence-corrected chi connectivity index (χ2v) is 8.29. The van der Waals surface area contributed by atoms with E-state index in [9.17, 15) is 0 Å². The second kappa shape index (κ2) is 6.35. The Hall–Kier alpha value is -0.445. The molecule has 0 N–H and O–H groups in total. The lowest BCUT2D eigenvalue weighted by molar-refractivity contribution is 0.00578. The molecular weight excluding hydrogens is 279 g/mol. The van der Waals surface area contributed by atoms with Crippen molar-refractivity contribution >= 4 is 24.3 Å². The Labute approximate surface area is 134 Å². The van der Waals surface area contributed by atoms with Crippen LogP contribution in [0.5, 0.6) is 0 Å². The van der Waals surface area contributed by atoms with Gasteiger partial charge in [0.15, 0.2) is 0 Å². The van der Waals surface area contributed by atoms with Crippen LogP contribution in [0.3, 0.4) is 0 Å². The fourth-order valence-corrected chi connectivity index (χ4v) is 3.01. The third-order valence-corrected chi connectivity index (χ3v) is 6.02. The summed E-state index contributed by atoms with van der Waals surface area (Å²) in [5.74, 6) is 1.07. The summed E-state index contributed by atoms with van der Waals surface area (Å²) < 4.78 is 12.2. The smallest absolute Gasteiger partial charge is 0.399 e. The maximum atomic E-state index is 6.08. The van der Waals surface area contributed by atoms with Crippen molar-refractivity contribution in [3.63, 3.8) is 0 Å². The van der Waals surface area contributed by atoms with Crippen molar-refractivity contribution in [2.45, 2.75) is 70.2 Å². The molecular formula is C17H27BO2S. The van der Waals surface area contributed by atoms with Gasteiger partial charge in [0.25, 0.3) is 0 Å². The van der Waals surface area contributed by atoms with Gasteiger partial charge in [0.1, 0.15) is 0 Å². The van der Waals surface area contributed by atoms with Crippen molar-refractivity contribution in [1.82, 2.24) is 0 Å². The molecule has 0 radical (unpaired) electrons. The molecule has 1 aliphatic heterocycles. The lowest BCUT2D eigenvalue weighted by Gasteiger charge is -2.32. The SMILES string of the molecule is CCC(C)SCc1ccc(B2OC(C)(C)C(C)(C)O2)cc1. The van der Waals surface area contributed by atoms with Crippen molar-refractivity contribution in [2.75, 3.05) is 0 Å². The molecule has 1 saturated heterocycles. The Morgan fingerprint density at radius 1 is 1.05 bits per heavy atom. The predicted octanol–water partition coefficient (Wildman–Crippen LogP) is 4.02. The van der Waals surface area contributed by atoms with E-state index in [4.69, 9.17) is 9.31 Å². The maximum absolute atomic E-state index is 6.08. The average Bonchev–Trinajstić information content (AvgIpc) is 2.65. The fourth-order valence-electron chi connectivity index (χ4n) is 2.11. The normalized spacial score (nSPS) is 21.5. The molecule has 1 heterocycles. The third kappa shape index (κ3) is 3.85. The molecule has 0 spiro atoms. The summed E-state index contributed by atoms with van der Waals surface area (Å²) in [6.07, 6.45) is 1.22. The van der Waals surface area contributed by atoms with Gasteiger partial charge in [-0.2, -0.15) is 11.8 Å². The summed E-state index contributed by atoms with van der Waals surface area (Å²) >= 11 is 2.00. The predicted molar refractivity (Wildman–Crippen MR) is 93.2 cm³/mol. The molecule has 1 aromatic carbocycles. The largest absolute Gasteiger partial charge is 0.494 e. The van der Waals surface area contributed by atoms with Gasteiger partial charge in [-0.3, -0.25) is 0 Å². The summed E-state index contributed by atoms with van der Waals surface area (Å²) in [6.45, 7) is 12.9. The van der Waals surface area contributed by atoms with Gasteiger partial charge in [-0.05, 0) is 45.1 Å². The number of hydrogen-bond acceptors (Lipinski definition) is 3. The lowest BCUT2D eigenvalue weighted by atomic mass is 9.79. The van der Waals surface area contributed by atoms with Crippen molar-refractivity contribution in [3.05, 3.63) is 29.8 Å². The molecule has 2 nitrogen and oxygen atoms in total. The molecule has 0 saturated carbocycles. The summed E-state index contributed by atoms with van der Waals surface area (Å²) in [7, 11) is -0.258. The van der Waals surface area contributed by atoms with Crippen LogP contribution in [0.25, 0.3) is 0 Å². The van der Waals surface area contributed by atoms with Crippen LogP contribution in [-0.2, 0) is 15.1 Å². The second-order valence-electron chi connectivity index (χ2n) is 6.86. The maximum Gasteiger partial charge on any atom is 0.494 e. The first kappa shape index (κ1) is 16.9. The topological polar surface area (TPSA) is 18.5 Å². The minimum atomic E-state index is -0.275. The van der Waals surface area contributed by atoms with E-state index in [1.54, 1.807) is 0 Å². The first-order chi connectivity index (χ1) is 9.75. The van der Waals surface area contributed by atoms with Crippen LogP contribution in [0, 0.1) is 0 Å². The number of thioether (sulfide) groups is 1. The van der Waals surface area contributed by atoms with E-state index in [1.165, 1.54) is 12.0 Å². The Balaban J connectivity index is 2.00. The van der Waals surface area contributed by atoms with E-state index >= 15 is 0 Å². The first-order valence-electron chi connectivity index (χ1n) is 7.81. The molecule has 0 bridgehead atoms. The summed E-state index contributed by atoms with van der Waals surface area (Å²) in [5, 5.41) is 0.716. The molecule has 4 heteroatoms. The van der Waals surface area contributed by atoms with Crippen LogP contribution in [-0.4, -0.2) is 23.6 Å². The van der Waals surface area contributed by atoms with E-state index in [-0.39, 0.29) is 18.3 Å². The van der Waals surface area contributed by atoms with E-state index < -0.39 is 0 Å². The minimum Gasteiger partial charge on any atom is -0.399 e. The van der Waals surface area contributed by atoms with Gasteiger partial charge in [-0.15, -0.1) is 0 Å². The zero-order valence-corrected chi connectivity index (χ0v) is 14.9. The Kier molecular flexibility index (Phi) is 5.12. The first-order valence-corrected chi connectivity index (χ1v) is 8.86. The number of benzene rings is 1. The Morgan fingerprint density at radius 2 is 1.57 bits per heavy atom. The van der Waals surface area contributed by atoms with Gasteiger partial charge in [-0.1, -0.05) is 38.1 Å². The van der Waals surface area contributed by atoms with Crippen LogP contribution < -0.4 is 5.46 Å². The van der Waals surface area contributed by atoms with E-state index in [0.29, 0.717) is 5.25 Å². The summed E-state index contributed by atoms with van der Waals surface area (Å²) in [6, 6.07) is 8.65. The third-order valence-electron chi connectivity index (χ3n) is 4.61. The molecule has 0 amide bonds. The van der Waals surface area contributed by atoms with Crippen LogP contribution in [0.15, 0.2) is 24.3 Å². The Morgan fingerprint density at radius 3 is 2.05 bits per heavy atom. The molecule has 21 heavy (non-hydrogen) atoms. The summed E-state index contributed by atoms with van der Waals surface area (Å²) in [5.41, 5.74) is 1.91. The zero-order valence-electron chi connectivity index (χ0n) is 14.1. The number of rotatable bonds is 5. The van der Waals surface area contributed by atoms with Crippen LogP contribution in [0.4, 0.5) is 0 Å². The molecule has 0 aromatic heterocycles. The molecule has 1 fully saturated rings. The highest BCUT2D eigenvalue weighted by Crippen LogP contribution is 2.36. The molecule has 116 valence electrons. The van der Waals surface area contributed by atoms with Crippen LogP contribution in [0.2, 0.25) is 0 Å². The van der Waals surface area contributed by atoms with Gasteiger partial charge in [0.2, 0.25) is 0 Å². The summed E-state index contributed by atoms with van der Waals surface area (Å²) in [4.78, 5) is 0.